The second-order valence-corrected chi connectivity index (χ2v) is 9.32. The third-order valence-electron chi connectivity index (χ3n) is 5.47. The molecule has 0 aliphatic heterocycles. The first-order valence-corrected chi connectivity index (χ1v) is 11.6. The van der Waals surface area contributed by atoms with Crippen molar-refractivity contribution in [2.75, 3.05) is 5.32 Å². The molecule has 0 saturated carbocycles. The Bertz CT molecular complexity index is 1700. The van der Waals surface area contributed by atoms with E-state index in [1.54, 1.807) is 30.7 Å². The number of halogens is 2. The Hall–Kier alpha value is -4.25. The summed E-state index contributed by atoms with van der Waals surface area (Å²) < 4.78 is 29.5. The summed E-state index contributed by atoms with van der Waals surface area (Å²) >= 11 is 1.03. The zero-order valence-corrected chi connectivity index (χ0v) is 19.4. The molecular formula is C24H18F2N8S. The minimum Gasteiger partial charge on any atom is -0.382 e. The van der Waals surface area contributed by atoms with Crippen molar-refractivity contribution in [3.8, 4) is 33.2 Å². The van der Waals surface area contributed by atoms with Crippen LogP contribution in [0.3, 0.4) is 0 Å². The second kappa shape index (κ2) is 8.20. The second-order valence-electron chi connectivity index (χ2n) is 8.29. The molecule has 3 N–H and O–H groups in total. The van der Waals surface area contributed by atoms with E-state index in [2.05, 4.69) is 40.4 Å². The number of nitrogens with one attached hydrogen (secondary N) is 3. The van der Waals surface area contributed by atoms with Crippen LogP contribution < -0.4 is 5.32 Å². The molecule has 0 aliphatic rings. The van der Waals surface area contributed by atoms with E-state index < -0.39 is 5.82 Å². The number of nitrogens with zero attached hydrogens (tertiary/aromatic N) is 5. The third-order valence-corrected chi connectivity index (χ3v) is 6.37. The molecule has 0 spiro atoms. The highest BCUT2D eigenvalue weighted by atomic mass is 32.1. The van der Waals surface area contributed by atoms with E-state index >= 15 is 4.39 Å². The van der Waals surface area contributed by atoms with Gasteiger partial charge in [-0.3, -0.25) is 15.1 Å². The number of thiophene rings is 1. The first kappa shape index (κ1) is 21.3. The highest BCUT2D eigenvalue weighted by Gasteiger charge is 2.22. The summed E-state index contributed by atoms with van der Waals surface area (Å²) in [6.07, 6.45) is 6.39. The van der Waals surface area contributed by atoms with Crippen LogP contribution in [0.5, 0.6) is 0 Å². The molecule has 6 aromatic rings. The Balaban J connectivity index is 1.49. The number of aromatic amines is 2. The van der Waals surface area contributed by atoms with E-state index in [0.29, 0.717) is 33.8 Å². The van der Waals surface area contributed by atoms with Gasteiger partial charge in [-0.1, -0.05) is 0 Å². The van der Waals surface area contributed by atoms with Crippen molar-refractivity contribution in [1.29, 1.82) is 0 Å². The molecule has 11 heteroatoms. The molecule has 174 valence electrons. The van der Waals surface area contributed by atoms with Crippen LogP contribution in [0.25, 0.3) is 55.3 Å². The van der Waals surface area contributed by atoms with Gasteiger partial charge in [0.05, 0.1) is 28.3 Å². The fourth-order valence-corrected chi connectivity index (χ4v) is 4.78. The van der Waals surface area contributed by atoms with Crippen LogP contribution in [0.2, 0.25) is 0 Å². The topological polar surface area (TPSA) is 108 Å². The maximum Gasteiger partial charge on any atom is 0.178 e. The van der Waals surface area contributed by atoms with Crippen molar-refractivity contribution in [2.24, 2.45) is 0 Å². The number of pyridine rings is 3. The van der Waals surface area contributed by atoms with Crippen molar-refractivity contribution >= 4 is 39.1 Å². The molecule has 0 radical (unpaired) electrons. The molecule has 6 rings (SSSR count). The largest absolute Gasteiger partial charge is 0.382 e. The van der Waals surface area contributed by atoms with Crippen LogP contribution in [-0.2, 0) is 0 Å². The standard InChI is InChI=1S/C24H18F2N8S/c1-11(2)30-13-7-12(8-27-9-13)20-19(26)18-15(10-29-20)33-34-22(18)24-31-21-14(5-6-28-23(21)32-24)16-3-4-17(25)35-16/h3-11,30H,1-2H3,(H,33,34)(H,28,31,32). The highest BCUT2D eigenvalue weighted by molar-refractivity contribution is 7.14. The highest BCUT2D eigenvalue weighted by Crippen LogP contribution is 2.35. The van der Waals surface area contributed by atoms with Gasteiger partial charge < -0.3 is 10.3 Å². The SMILES string of the molecule is CC(C)Nc1cncc(-c2ncc3[nH]nc(-c4nc5nccc(-c6ccc(F)s6)c5[nH]4)c3c2F)c1. The van der Waals surface area contributed by atoms with E-state index in [1.165, 1.54) is 12.3 Å². The number of H-pyrrole nitrogens is 2. The first-order valence-electron chi connectivity index (χ1n) is 10.8. The van der Waals surface area contributed by atoms with Crippen LogP contribution in [0.1, 0.15) is 13.8 Å². The Labute approximate surface area is 201 Å². The maximum absolute atomic E-state index is 15.9. The van der Waals surface area contributed by atoms with E-state index in [9.17, 15) is 4.39 Å². The van der Waals surface area contributed by atoms with Gasteiger partial charge in [0.2, 0.25) is 0 Å². The Morgan fingerprint density at radius 2 is 1.91 bits per heavy atom. The molecule has 6 aromatic heterocycles. The van der Waals surface area contributed by atoms with Crippen molar-refractivity contribution < 1.29 is 8.78 Å². The number of aromatic nitrogens is 7. The number of imidazole rings is 1. The summed E-state index contributed by atoms with van der Waals surface area (Å²) in [7, 11) is 0. The zero-order valence-electron chi connectivity index (χ0n) is 18.6. The summed E-state index contributed by atoms with van der Waals surface area (Å²) in [6, 6.07) is 6.90. The van der Waals surface area contributed by atoms with E-state index in [-0.39, 0.29) is 22.3 Å². The van der Waals surface area contributed by atoms with Gasteiger partial charge in [-0.15, -0.1) is 11.3 Å². The average molecular weight is 489 g/mol. The zero-order chi connectivity index (χ0) is 24.1. The fourth-order valence-electron chi connectivity index (χ4n) is 4.02. The predicted molar refractivity (Wildman–Crippen MR) is 132 cm³/mol. The molecule has 8 nitrogen and oxygen atoms in total. The molecule has 0 aromatic carbocycles. The molecule has 0 atom stereocenters. The lowest BCUT2D eigenvalue weighted by molar-refractivity contribution is 0.638. The number of anilines is 1. The van der Waals surface area contributed by atoms with E-state index in [1.807, 2.05) is 19.9 Å². The van der Waals surface area contributed by atoms with Gasteiger partial charge in [-0.25, -0.2) is 14.4 Å². The van der Waals surface area contributed by atoms with Gasteiger partial charge in [0, 0.05) is 40.6 Å². The quantitative estimate of drug-likeness (QED) is 0.284. The Morgan fingerprint density at radius 1 is 1.03 bits per heavy atom. The Kier molecular flexibility index (Phi) is 4.99. The molecule has 35 heavy (non-hydrogen) atoms. The van der Waals surface area contributed by atoms with Crippen LogP contribution in [0.15, 0.2) is 49.1 Å². The third kappa shape index (κ3) is 3.69. The predicted octanol–water partition coefficient (Wildman–Crippen LogP) is 5.79. The minimum atomic E-state index is -0.538. The molecule has 0 unspecified atom stereocenters. The van der Waals surface area contributed by atoms with Crippen LogP contribution in [-0.4, -0.2) is 41.2 Å². The van der Waals surface area contributed by atoms with Crippen molar-refractivity contribution in [3.05, 3.63) is 60.0 Å². The molecule has 0 bridgehead atoms. The Morgan fingerprint density at radius 3 is 2.71 bits per heavy atom. The number of hydrogen-bond acceptors (Lipinski definition) is 7. The van der Waals surface area contributed by atoms with Crippen LogP contribution >= 0.6 is 11.3 Å². The lowest BCUT2D eigenvalue weighted by Crippen LogP contribution is -2.09. The lowest BCUT2D eigenvalue weighted by atomic mass is 10.1. The van der Waals surface area contributed by atoms with Gasteiger partial charge in [0.25, 0.3) is 0 Å². The van der Waals surface area contributed by atoms with E-state index in [0.717, 1.165) is 27.5 Å². The van der Waals surface area contributed by atoms with Gasteiger partial charge >= 0.3 is 0 Å². The maximum atomic E-state index is 15.9. The van der Waals surface area contributed by atoms with Gasteiger partial charge in [0.15, 0.2) is 22.4 Å². The fraction of sp³-hybridized carbons (Fsp3) is 0.125. The summed E-state index contributed by atoms with van der Waals surface area (Å²) in [6.45, 7) is 4.02. The molecule has 0 amide bonds. The van der Waals surface area contributed by atoms with Gasteiger partial charge in [0.1, 0.15) is 11.4 Å². The number of rotatable bonds is 5. The normalized spacial score (nSPS) is 11.7. The smallest absolute Gasteiger partial charge is 0.178 e. The summed E-state index contributed by atoms with van der Waals surface area (Å²) in [4.78, 5) is 21.3. The van der Waals surface area contributed by atoms with Gasteiger partial charge in [-0.05, 0) is 38.1 Å². The van der Waals surface area contributed by atoms with Crippen LogP contribution in [0, 0.1) is 10.9 Å². The summed E-state index contributed by atoms with van der Waals surface area (Å²) in [5.41, 5.74) is 3.99. The molecular weight excluding hydrogens is 470 g/mol. The first-order chi connectivity index (χ1) is 17.0. The van der Waals surface area contributed by atoms with Crippen molar-refractivity contribution in [3.63, 3.8) is 0 Å². The average Bonchev–Trinajstić information content (AvgIpc) is 3.56. The minimum absolute atomic E-state index is 0.157. The number of hydrogen-bond donors (Lipinski definition) is 3. The van der Waals surface area contributed by atoms with Crippen molar-refractivity contribution in [1.82, 2.24) is 35.1 Å². The van der Waals surface area contributed by atoms with Crippen molar-refractivity contribution in [2.45, 2.75) is 19.9 Å². The summed E-state index contributed by atoms with van der Waals surface area (Å²) in [5, 5.41) is 10.4. The molecule has 6 heterocycles. The molecule has 0 aliphatic carbocycles. The molecule has 0 saturated heterocycles. The van der Waals surface area contributed by atoms with E-state index in [4.69, 9.17) is 0 Å². The summed E-state index contributed by atoms with van der Waals surface area (Å²) in [5.74, 6) is -0.198. The molecule has 0 fully saturated rings. The monoisotopic (exact) mass is 488 g/mol. The number of fused-ring (bicyclic) bond motifs is 2. The van der Waals surface area contributed by atoms with Crippen LogP contribution in [0.4, 0.5) is 14.5 Å². The van der Waals surface area contributed by atoms with Gasteiger partial charge in [-0.2, -0.15) is 9.49 Å². The lowest BCUT2D eigenvalue weighted by Gasteiger charge is -2.11.